The Hall–Kier alpha value is 0.137. The zero-order valence-electron chi connectivity index (χ0n) is 11.1. The van der Waals surface area contributed by atoms with Crippen LogP contribution in [-0.4, -0.2) is 21.8 Å². The van der Waals surface area contributed by atoms with Crippen LogP contribution in [0.2, 0.25) is 12.6 Å². The molecule has 1 atom stereocenters. The molecular formula is C12H28O2Si. The van der Waals surface area contributed by atoms with Crippen molar-refractivity contribution in [1.29, 1.82) is 0 Å². The lowest BCUT2D eigenvalue weighted by atomic mass is 10.1. The standard InChI is InChI=1S/C12H28O2Si/c1-6-9-12(10-7-2)14-15(5,13-4)11-8-3/h12H,6-11H2,1-5H3. The Bertz CT molecular complexity index is 147. The van der Waals surface area contributed by atoms with Crippen LogP contribution >= 0.6 is 0 Å². The Morgan fingerprint density at radius 2 is 1.53 bits per heavy atom. The largest absolute Gasteiger partial charge is 0.398 e. The van der Waals surface area contributed by atoms with Crippen molar-refractivity contribution in [2.24, 2.45) is 0 Å². The molecule has 0 amide bonds. The molecule has 0 aliphatic rings. The molecule has 2 nitrogen and oxygen atoms in total. The van der Waals surface area contributed by atoms with Gasteiger partial charge >= 0.3 is 8.56 Å². The van der Waals surface area contributed by atoms with Crippen LogP contribution in [0.3, 0.4) is 0 Å². The highest BCUT2D eigenvalue weighted by molar-refractivity contribution is 6.66. The van der Waals surface area contributed by atoms with E-state index in [1.165, 1.54) is 25.7 Å². The molecule has 0 aromatic rings. The molecule has 0 aromatic carbocycles. The van der Waals surface area contributed by atoms with E-state index in [9.17, 15) is 0 Å². The summed E-state index contributed by atoms with van der Waals surface area (Å²) in [6, 6.07) is 1.10. The summed E-state index contributed by atoms with van der Waals surface area (Å²) in [5, 5.41) is 0. The summed E-state index contributed by atoms with van der Waals surface area (Å²) >= 11 is 0. The molecule has 1 unspecified atom stereocenters. The van der Waals surface area contributed by atoms with Crippen LogP contribution in [0.5, 0.6) is 0 Å². The van der Waals surface area contributed by atoms with Gasteiger partial charge in [0.2, 0.25) is 0 Å². The van der Waals surface area contributed by atoms with Gasteiger partial charge in [-0.15, -0.1) is 0 Å². The summed E-state index contributed by atoms with van der Waals surface area (Å²) < 4.78 is 11.8. The van der Waals surface area contributed by atoms with E-state index < -0.39 is 8.56 Å². The van der Waals surface area contributed by atoms with Gasteiger partial charge in [0, 0.05) is 13.2 Å². The first-order valence-electron chi connectivity index (χ1n) is 6.34. The average molecular weight is 232 g/mol. The predicted molar refractivity (Wildman–Crippen MR) is 68.4 cm³/mol. The monoisotopic (exact) mass is 232 g/mol. The van der Waals surface area contributed by atoms with Crippen LogP contribution < -0.4 is 0 Å². The van der Waals surface area contributed by atoms with Gasteiger partial charge in [0.25, 0.3) is 0 Å². The lowest BCUT2D eigenvalue weighted by Crippen LogP contribution is -2.41. The van der Waals surface area contributed by atoms with E-state index in [-0.39, 0.29) is 0 Å². The maximum Gasteiger partial charge on any atom is 0.334 e. The molecular weight excluding hydrogens is 204 g/mol. The van der Waals surface area contributed by atoms with Crippen LogP contribution in [0.4, 0.5) is 0 Å². The summed E-state index contributed by atoms with van der Waals surface area (Å²) in [7, 11) is -0.0585. The molecule has 0 fully saturated rings. The average Bonchev–Trinajstić information content (AvgIpc) is 2.19. The highest BCUT2D eigenvalue weighted by Crippen LogP contribution is 2.21. The van der Waals surface area contributed by atoms with Crippen molar-refractivity contribution in [3.05, 3.63) is 0 Å². The Morgan fingerprint density at radius 1 is 1.00 bits per heavy atom. The zero-order chi connectivity index (χ0) is 11.7. The molecule has 0 aliphatic heterocycles. The van der Waals surface area contributed by atoms with Gasteiger partial charge in [-0.2, -0.15) is 0 Å². The molecule has 92 valence electrons. The van der Waals surface area contributed by atoms with Crippen molar-refractivity contribution in [2.75, 3.05) is 7.11 Å². The molecule has 0 saturated heterocycles. The molecule has 0 aromatic heterocycles. The summed E-state index contributed by atoms with van der Waals surface area (Å²) in [4.78, 5) is 0. The van der Waals surface area contributed by atoms with Gasteiger partial charge in [0.1, 0.15) is 0 Å². The molecule has 0 N–H and O–H groups in total. The summed E-state index contributed by atoms with van der Waals surface area (Å²) in [6.45, 7) is 8.83. The van der Waals surface area contributed by atoms with E-state index in [0.29, 0.717) is 6.10 Å². The van der Waals surface area contributed by atoms with Crippen molar-refractivity contribution in [3.63, 3.8) is 0 Å². The van der Waals surface area contributed by atoms with E-state index >= 15 is 0 Å². The molecule has 0 radical (unpaired) electrons. The minimum absolute atomic E-state index is 0.420. The van der Waals surface area contributed by atoms with Gasteiger partial charge < -0.3 is 8.85 Å². The van der Waals surface area contributed by atoms with Gasteiger partial charge in [-0.3, -0.25) is 0 Å². The molecule has 0 aliphatic carbocycles. The maximum atomic E-state index is 6.23. The maximum absolute atomic E-state index is 6.23. The molecule has 3 heteroatoms. The first-order chi connectivity index (χ1) is 7.11. The highest BCUT2D eigenvalue weighted by Gasteiger charge is 2.31. The van der Waals surface area contributed by atoms with Gasteiger partial charge in [-0.1, -0.05) is 40.0 Å². The first kappa shape index (κ1) is 15.1. The van der Waals surface area contributed by atoms with Crippen molar-refractivity contribution in [3.8, 4) is 0 Å². The Labute approximate surface area is 96.6 Å². The third-order valence-electron chi connectivity index (χ3n) is 2.77. The van der Waals surface area contributed by atoms with E-state index in [1.807, 2.05) is 0 Å². The van der Waals surface area contributed by atoms with Gasteiger partial charge in [-0.05, 0) is 25.4 Å². The van der Waals surface area contributed by atoms with Crippen LogP contribution in [0.25, 0.3) is 0 Å². The lowest BCUT2D eigenvalue weighted by molar-refractivity contribution is 0.117. The minimum Gasteiger partial charge on any atom is -0.398 e. The van der Waals surface area contributed by atoms with Crippen LogP contribution in [0, 0.1) is 0 Å². The summed E-state index contributed by atoms with van der Waals surface area (Å²) in [5.74, 6) is 0. The summed E-state index contributed by atoms with van der Waals surface area (Å²) in [6.07, 6.45) is 6.31. The molecule has 0 bridgehead atoms. The predicted octanol–water partition coefficient (Wildman–Crippen LogP) is 4.10. The van der Waals surface area contributed by atoms with Crippen molar-refractivity contribution in [2.45, 2.75) is 71.6 Å². The van der Waals surface area contributed by atoms with Crippen LogP contribution in [0.1, 0.15) is 52.9 Å². The molecule has 0 saturated carbocycles. The molecule has 0 rings (SSSR count). The lowest BCUT2D eigenvalue weighted by Gasteiger charge is -2.30. The van der Waals surface area contributed by atoms with E-state index in [1.54, 1.807) is 7.11 Å². The SMILES string of the molecule is CCCC(CCC)O[Si](C)(CCC)OC. The fourth-order valence-corrected chi connectivity index (χ4v) is 4.19. The number of rotatable bonds is 9. The minimum atomic E-state index is -1.86. The second kappa shape index (κ2) is 8.31. The highest BCUT2D eigenvalue weighted by atomic mass is 28.4. The van der Waals surface area contributed by atoms with Gasteiger partial charge in [-0.25, -0.2) is 0 Å². The normalized spacial score (nSPS) is 15.6. The fraction of sp³-hybridized carbons (Fsp3) is 1.00. The van der Waals surface area contributed by atoms with Crippen LogP contribution in [0.15, 0.2) is 0 Å². The van der Waals surface area contributed by atoms with Gasteiger partial charge in [0.15, 0.2) is 0 Å². The second-order valence-corrected chi connectivity index (χ2v) is 7.82. The van der Waals surface area contributed by atoms with Gasteiger partial charge in [0.05, 0.1) is 0 Å². The molecule has 15 heavy (non-hydrogen) atoms. The van der Waals surface area contributed by atoms with Crippen LogP contribution in [-0.2, 0) is 8.85 Å². The first-order valence-corrected chi connectivity index (χ1v) is 8.87. The molecule has 0 heterocycles. The van der Waals surface area contributed by atoms with E-state index in [0.717, 1.165) is 12.5 Å². The quantitative estimate of drug-likeness (QED) is 0.557. The van der Waals surface area contributed by atoms with Crippen molar-refractivity contribution < 1.29 is 8.85 Å². The number of hydrogen-bond acceptors (Lipinski definition) is 2. The third kappa shape index (κ3) is 6.33. The Kier molecular flexibility index (Phi) is 8.38. The van der Waals surface area contributed by atoms with E-state index in [2.05, 4.69) is 27.3 Å². The molecule has 0 spiro atoms. The number of hydrogen-bond donors (Lipinski definition) is 0. The third-order valence-corrected chi connectivity index (χ3v) is 5.88. The Morgan fingerprint density at radius 3 is 1.87 bits per heavy atom. The summed E-state index contributed by atoms with van der Waals surface area (Å²) in [5.41, 5.74) is 0. The fourth-order valence-electron chi connectivity index (χ4n) is 1.92. The smallest absolute Gasteiger partial charge is 0.334 e. The Balaban J connectivity index is 4.19. The van der Waals surface area contributed by atoms with E-state index in [4.69, 9.17) is 8.85 Å². The zero-order valence-corrected chi connectivity index (χ0v) is 12.1. The van der Waals surface area contributed by atoms with Crippen molar-refractivity contribution >= 4 is 8.56 Å². The topological polar surface area (TPSA) is 18.5 Å². The van der Waals surface area contributed by atoms with Crippen molar-refractivity contribution in [1.82, 2.24) is 0 Å². The second-order valence-electron chi connectivity index (χ2n) is 4.41.